The van der Waals surface area contributed by atoms with Crippen LogP contribution in [0, 0.1) is 34.5 Å². The minimum atomic E-state index is -0.0775. The minimum absolute atomic E-state index is 0.0775. The van der Waals surface area contributed by atoms with Gasteiger partial charge >= 0.3 is 0 Å². The van der Waals surface area contributed by atoms with Crippen LogP contribution in [0.25, 0.3) is 6.08 Å². The predicted molar refractivity (Wildman–Crippen MR) is 136 cm³/mol. The van der Waals surface area contributed by atoms with Gasteiger partial charge in [-0.3, -0.25) is 4.79 Å². The van der Waals surface area contributed by atoms with E-state index in [9.17, 15) is 4.79 Å². The van der Waals surface area contributed by atoms with Gasteiger partial charge in [-0.05, 0) is 86.3 Å². The molecule has 1 aliphatic heterocycles. The Morgan fingerprint density at radius 2 is 1.97 bits per heavy atom. The van der Waals surface area contributed by atoms with E-state index < -0.39 is 0 Å². The van der Waals surface area contributed by atoms with Gasteiger partial charge in [0.15, 0.2) is 0 Å². The first-order valence-electron chi connectivity index (χ1n) is 13.1. The molecule has 1 amide bonds. The third-order valence-corrected chi connectivity index (χ3v) is 10.7. The molecule has 2 unspecified atom stereocenters. The molecule has 8 atom stereocenters. The minimum Gasteiger partial charge on any atom is -0.349 e. The predicted octanol–water partition coefficient (Wildman–Crippen LogP) is 6.84. The van der Waals surface area contributed by atoms with Gasteiger partial charge in [0.1, 0.15) is 5.82 Å². The number of nitrogens with one attached hydrogen (secondary N) is 1. The third kappa shape index (κ3) is 3.17. The number of amides is 1. The van der Waals surface area contributed by atoms with E-state index in [4.69, 9.17) is 11.6 Å². The zero-order chi connectivity index (χ0) is 23.7. The summed E-state index contributed by atoms with van der Waals surface area (Å²) in [4.78, 5) is 18.1. The molecular weight excluding hydrogens is 442 g/mol. The van der Waals surface area contributed by atoms with Crippen LogP contribution >= 0.6 is 11.6 Å². The smallest absolute Gasteiger partial charge is 0.224 e. The highest BCUT2D eigenvalue weighted by Gasteiger charge is 2.61. The molecule has 1 N–H and O–H groups in total. The molecule has 3 aliphatic carbocycles. The van der Waals surface area contributed by atoms with Crippen molar-refractivity contribution < 1.29 is 4.79 Å². The zero-order valence-electron chi connectivity index (χ0n) is 20.5. The van der Waals surface area contributed by atoms with Gasteiger partial charge in [-0.2, -0.15) is 0 Å². The highest BCUT2D eigenvalue weighted by molar-refractivity contribution is 6.31. The Labute approximate surface area is 208 Å². The number of halogens is 1. The molecule has 4 aliphatic rings. The lowest BCUT2D eigenvalue weighted by Gasteiger charge is -2.59. The number of carbonyl (C=O) groups is 1. The van der Waals surface area contributed by atoms with Crippen LogP contribution in [-0.4, -0.2) is 15.5 Å². The summed E-state index contributed by atoms with van der Waals surface area (Å²) in [7, 11) is 0. The number of nitrogens with zero attached hydrogens (tertiary/aromatic N) is 2. The Balaban J connectivity index is 1.22. The van der Waals surface area contributed by atoms with Crippen LogP contribution in [0.2, 0.25) is 5.02 Å². The molecule has 34 heavy (non-hydrogen) atoms. The summed E-state index contributed by atoms with van der Waals surface area (Å²) in [5.41, 5.74) is 1.26. The van der Waals surface area contributed by atoms with E-state index in [2.05, 4.69) is 47.1 Å². The lowest BCUT2D eigenvalue weighted by molar-refractivity contribution is -0.133. The summed E-state index contributed by atoms with van der Waals surface area (Å²) in [5, 5.41) is 4.05. The maximum Gasteiger partial charge on any atom is 0.224 e. The summed E-state index contributed by atoms with van der Waals surface area (Å²) >= 11 is 6.41. The van der Waals surface area contributed by atoms with Crippen LogP contribution in [0.3, 0.4) is 0 Å². The van der Waals surface area contributed by atoms with E-state index in [-0.39, 0.29) is 28.7 Å². The van der Waals surface area contributed by atoms with Crippen LogP contribution in [0.15, 0.2) is 42.7 Å². The molecule has 6 rings (SSSR count). The fourth-order valence-electron chi connectivity index (χ4n) is 8.66. The second-order valence-corrected chi connectivity index (χ2v) is 12.2. The maximum absolute atomic E-state index is 13.6. The second kappa shape index (κ2) is 7.98. The molecule has 180 valence electrons. The molecule has 0 saturated heterocycles. The number of carbonyl (C=O) groups excluding carboxylic acids is 1. The fourth-order valence-corrected chi connectivity index (χ4v) is 8.96. The van der Waals surface area contributed by atoms with Crippen molar-refractivity contribution in [3.05, 3.63) is 59.1 Å². The third-order valence-electron chi connectivity index (χ3n) is 10.4. The van der Waals surface area contributed by atoms with E-state index in [0.717, 1.165) is 29.3 Å². The molecule has 1 aromatic carbocycles. The van der Waals surface area contributed by atoms with Crippen LogP contribution in [0.4, 0.5) is 0 Å². The Kier molecular flexibility index (Phi) is 5.26. The maximum atomic E-state index is 13.6. The van der Waals surface area contributed by atoms with E-state index in [0.29, 0.717) is 23.8 Å². The van der Waals surface area contributed by atoms with Crippen molar-refractivity contribution in [2.24, 2.45) is 34.5 Å². The van der Waals surface area contributed by atoms with Gasteiger partial charge in [0.2, 0.25) is 5.91 Å². The molecule has 5 heteroatoms. The first kappa shape index (κ1) is 22.4. The van der Waals surface area contributed by atoms with Gasteiger partial charge in [-0.15, -0.1) is 0 Å². The number of hydrogen-bond donors (Lipinski definition) is 1. The highest BCUT2D eigenvalue weighted by atomic mass is 35.5. The summed E-state index contributed by atoms with van der Waals surface area (Å²) in [6.45, 7) is 6.96. The van der Waals surface area contributed by atoms with E-state index in [1.54, 1.807) is 0 Å². The molecule has 4 nitrogen and oxygen atoms in total. The SMILES string of the molecule is CC(NC(=O)[C@H]1CC[C@H]2[C@@H]3CCC4n5ccnc5C=C[C@]4(C)[C@H]3CC[C@]12C)c1ccccc1Cl. The molecule has 3 fully saturated rings. The quantitative estimate of drug-likeness (QED) is 0.526. The van der Waals surface area contributed by atoms with Crippen LogP contribution in [0.1, 0.15) is 82.8 Å². The zero-order valence-corrected chi connectivity index (χ0v) is 21.3. The summed E-state index contributed by atoms with van der Waals surface area (Å²) in [6.07, 6.45) is 15.8. The molecule has 2 aromatic rings. The molecule has 0 radical (unpaired) electrons. The molecule has 2 heterocycles. The van der Waals surface area contributed by atoms with Crippen molar-refractivity contribution in [3.63, 3.8) is 0 Å². The van der Waals surface area contributed by atoms with Crippen LogP contribution in [-0.2, 0) is 4.79 Å². The van der Waals surface area contributed by atoms with Gasteiger partial charge in [-0.1, -0.05) is 49.7 Å². The van der Waals surface area contributed by atoms with Gasteiger partial charge in [0, 0.05) is 34.8 Å². The Morgan fingerprint density at radius 3 is 2.79 bits per heavy atom. The molecular formula is C29H36ClN3O. The second-order valence-electron chi connectivity index (χ2n) is 11.8. The van der Waals surface area contributed by atoms with E-state index in [1.807, 2.05) is 37.4 Å². The number of imidazole rings is 1. The number of aromatic nitrogens is 2. The number of fused-ring (bicyclic) bond motifs is 7. The van der Waals surface area contributed by atoms with Gasteiger partial charge in [0.05, 0.1) is 6.04 Å². The van der Waals surface area contributed by atoms with Crippen molar-refractivity contribution >= 4 is 23.6 Å². The highest BCUT2D eigenvalue weighted by Crippen LogP contribution is 2.67. The topological polar surface area (TPSA) is 46.9 Å². The first-order valence-corrected chi connectivity index (χ1v) is 13.5. The normalized spacial score (nSPS) is 38.9. The summed E-state index contributed by atoms with van der Waals surface area (Å²) < 4.78 is 2.42. The van der Waals surface area contributed by atoms with Crippen molar-refractivity contribution in [1.29, 1.82) is 0 Å². The van der Waals surface area contributed by atoms with Crippen LogP contribution < -0.4 is 5.32 Å². The van der Waals surface area contributed by atoms with Crippen molar-refractivity contribution in [1.82, 2.24) is 14.9 Å². The first-order chi connectivity index (χ1) is 16.3. The molecule has 1 aromatic heterocycles. The van der Waals surface area contributed by atoms with Crippen molar-refractivity contribution in [3.8, 4) is 0 Å². The average molecular weight is 478 g/mol. The fraction of sp³-hybridized carbons (Fsp3) is 0.586. The number of rotatable bonds is 3. The van der Waals surface area contributed by atoms with Crippen molar-refractivity contribution in [2.75, 3.05) is 0 Å². The van der Waals surface area contributed by atoms with Crippen molar-refractivity contribution in [2.45, 2.75) is 71.4 Å². The largest absolute Gasteiger partial charge is 0.349 e. The van der Waals surface area contributed by atoms with E-state index in [1.165, 1.54) is 25.7 Å². The average Bonchev–Trinajstić information content (AvgIpc) is 3.43. The van der Waals surface area contributed by atoms with E-state index >= 15 is 0 Å². The standard InChI is InChI=1S/C29H36ClN3O/c1-18(19-6-4-5-7-24(19)30)32-27(34)23-10-9-21-20-8-11-25-29(3,22(20)12-14-28(21,23)2)15-13-26-31-16-17-33(25)26/h4-7,13,15-18,20-23,25H,8-12,14H2,1-3H3,(H,32,34)/t18?,20-,21-,22-,23+,25?,28-,29+/m0/s1. The summed E-state index contributed by atoms with van der Waals surface area (Å²) in [5.74, 6) is 3.43. The van der Waals surface area contributed by atoms with Gasteiger partial charge < -0.3 is 9.88 Å². The summed E-state index contributed by atoms with van der Waals surface area (Å²) in [6, 6.07) is 8.27. The molecule has 3 saturated carbocycles. The van der Waals surface area contributed by atoms with Gasteiger partial charge in [0.25, 0.3) is 0 Å². The number of hydrogen-bond acceptors (Lipinski definition) is 2. The number of benzene rings is 1. The Bertz CT molecular complexity index is 1140. The number of allylic oxidation sites excluding steroid dienone is 1. The monoisotopic (exact) mass is 477 g/mol. The lowest BCUT2D eigenvalue weighted by atomic mass is 9.48. The van der Waals surface area contributed by atoms with Crippen LogP contribution in [0.5, 0.6) is 0 Å². The lowest BCUT2D eigenvalue weighted by Crippen LogP contribution is -2.53. The molecule has 0 bridgehead atoms. The Morgan fingerprint density at radius 1 is 1.15 bits per heavy atom. The Hall–Kier alpha value is -2.07. The van der Waals surface area contributed by atoms with Gasteiger partial charge in [-0.25, -0.2) is 4.98 Å². The molecule has 0 spiro atoms.